The van der Waals surface area contributed by atoms with Gasteiger partial charge in [0.1, 0.15) is 5.82 Å². The molecule has 1 N–H and O–H groups in total. The fourth-order valence-electron chi connectivity index (χ4n) is 4.54. The average Bonchev–Trinajstić information content (AvgIpc) is 3.35. The first-order chi connectivity index (χ1) is 13.3. The molecule has 0 amide bonds. The number of imidazole rings is 1. The fourth-order valence-corrected chi connectivity index (χ4v) is 4.99. The zero-order valence-electron chi connectivity index (χ0n) is 15.3. The molecule has 0 unspecified atom stereocenters. The van der Waals surface area contributed by atoms with Gasteiger partial charge >= 0.3 is 0 Å². The van der Waals surface area contributed by atoms with E-state index in [0.29, 0.717) is 6.04 Å². The number of H-pyrrole nitrogens is 1. The van der Waals surface area contributed by atoms with E-state index in [-0.39, 0.29) is 0 Å². The third-order valence-corrected chi connectivity index (χ3v) is 6.40. The van der Waals surface area contributed by atoms with Crippen molar-refractivity contribution >= 4 is 39.1 Å². The summed E-state index contributed by atoms with van der Waals surface area (Å²) in [7, 11) is 0. The van der Waals surface area contributed by atoms with Crippen LogP contribution in [0.25, 0.3) is 11.1 Å². The molecule has 4 nitrogen and oxygen atoms in total. The van der Waals surface area contributed by atoms with Crippen molar-refractivity contribution in [3.05, 3.63) is 57.6 Å². The van der Waals surface area contributed by atoms with Crippen molar-refractivity contribution < 1.29 is 0 Å². The van der Waals surface area contributed by atoms with E-state index in [1.165, 1.54) is 58.6 Å². The lowest BCUT2D eigenvalue weighted by Crippen LogP contribution is -2.37. The molecule has 2 aliphatic carbocycles. The van der Waals surface area contributed by atoms with E-state index in [1.54, 1.807) is 0 Å². The van der Waals surface area contributed by atoms with Gasteiger partial charge in [-0.25, -0.2) is 9.98 Å². The Hall–Kier alpha value is -2.14. The van der Waals surface area contributed by atoms with Gasteiger partial charge in [-0.15, -0.1) is 0 Å². The molecule has 3 heterocycles. The maximum atomic E-state index is 4.93. The van der Waals surface area contributed by atoms with Crippen molar-refractivity contribution in [2.24, 2.45) is 4.99 Å². The van der Waals surface area contributed by atoms with Gasteiger partial charge in [0.25, 0.3) is 0 Å². The number of aromatic amines is 1. The predicted molar refractivity (Wildman–Crippen MR) is 114 cm³/mol. The Bertz CT molecular complexity index is 1070. The Balaban J connectivity index is 1.81. The minimum Gasteiger partial charge on any atom is -0.346 e. The van der Waals surface area contributed by atoms with Gasteiger partial charge in [-0.05, 0) is 34.5 Å². The Morgan fingerprint density at radius 2 is 2.07 bits per heavy atom. The highest BCUT2D eigenvalue weighted by molar-refractivity contribution is 9.11. The molecule has 1 saturated carbocycles. The van der Waals surface area contributed by atoms with Crippen LogP contribution < -0.4 is 10.7 Å². The molecule has 27 heavy (non-hydrogen) atoms. The first kappa shape index (κ1) is 17.0. The molecule has 5 rings (SSSR count). The lowest BCUT2D eigenvalue weighted by atomic mass is 9.94. The Morgan fingerprint density at radius 1 is 1.19 bits per heavy atom. The molecule has 1 fully saturated rings. The Labute approximate surface area is 167 Å². The van der Waals surface area contributed by atoms with Gasteiger partial charge in [0.15, 0.2) is 0 Å². The van der Waals surface area contributed by atoms with Crippen LogP contribution in [-0.4, -0.2) is 20.7 Å². The molecule has 3 aliphatic rings. The van der Waals surface area contributed by atoms with Gasteiger partial charge < -0.3 is 9.55 Å². The van der Waals surface area contributed by atoms with Gasteiger partial charge in [-0.3, -0.25) is 0 Å². The second kappa shape index (κ2) is 7.12. The SMILES string of the molecule is BrC1=CC=CC(=c2ncn(C3CCCCC3)c2=C2CC=Nc3[nH]ccc32)C1. The summed E-state index contributed by atoms with van der Waals surface area (Å²) in [5.41, 5.74) is 3.83. The van der Waals surface area contributed by atoms with Crippen molar-refractivity contribution in [2.75, 3.05) is 0 Å². The summed E-state index contributed by atoms with van der Waals surface area (Å²) in [5, 5.41) is 2.41. The highest BCUT2D eigenvalue weighted by atomic mass is 79.9. The number of hydrogen-bond acceptors (Lipinski definition) is 2. The van der Waals surface area contributed by atoms with Crippen molar-refractivity contribution in [1.29, 1.82) is 0 Å². The van der Waals surface area contributed by atoms with Gasteiger partial charge in [0.2, 0.25) is 0 Å². The van der Waals surface area contributed by atoms with Crippen LogP contribution in [0, 0.1) is 0 Å². The van der Waals surface area contributed by atoms with E-state index in [0.717, 1.165) is 24.0 Å². The summed E-state index contributed by atoms with van der Waals surface area (Å²) in [6.07, 6.45) is 20.8. The van der Waals surface area contributed by atoms with E-state index in [2.05, 4.69) is 61.1 Å². The molecule has 0 atom stereocenters. The van der Waals surface area contributed by atoms with Gasteiger partial charge in [0.05, 0.1) is 17.0 Å². The maximum Gasteiger partial charge on any atom is 0.137 e. The highest BCUT2D eigenvalue weighted by Crippen LogP contribution is 2.30. The molecule has 0 radical (unpaired) electrons. The Morgan fingerprint density at radius 3 is 2.93 bits per heavy atom. The standard InChI is InChI=1S/C22H23BrN4/c23-16-6-4-5-15(13-16)20-21(18-9-11-24-22-19(18)10-12-25-22)27(14-26-20)17-7-2-1-3-8-17/h4-6,10-12,14,17,25H,1-3,7-9,13H2. The number of halogens is 1. The van der Waals surface area contributed by atoms with Crippen molar-refractivity contribution in [1.82, 2.24) is 14.5 Å². The summed E-state index contributed by atoms with van der Waals surface area (Å²) in [6, 6.07) is 2.70. The van der Waals surface area contributed by atoms with E-state index >= 15 is 0 Å². The fraction of sp³-hybridized carbons (Fsp3) is 0.364. The molecule has 0 aromatic carbocycles. The van der Waals surface area contributed by atoms with Crippen LogP contribution in [0.3, 0.4) is 0 Å². The first-order valence-corrected chi connectivity index (χ1v) is 10.6. The minimum atomic E-state index is 0.552. The molecular formula is C22H23BrN4. The lowest BCUT2D eigenvalue weighted by Gasteiger charge is -2.24. The number of aliphatic imine (C=N–C) groups is 1. The van der Waals surface area contributed by atoms with E-state index < -0.39 is 0 Å². The topological polar surface area (TPSA) is 46.0 Å². The van der Waals surface area contributed by atoms with Gasteiger partial charge in [-0.1, -0.05) is 53.4 Å². The average molecular weight is 423 g/mol. The van der Waals surface area contributed by atoms with E-state index in [9.17, 15) is 0 Å². The zero-order chi connectivity index (χ0) is 18.2. The lowest BCUT2D eigenvalue weighted by molar-refractivity contribution is 0.348. The van der Waals surface area contributed by atoms with Crippen LogP contribution in [-0.2, 0) is 0 Å². The predicted octanol–water partition coefficient (Wildman–Crippen LogP) is 4.41. The molecule has 1 aliphatic heterocycles. The van der Waals surface area contributed by atoms with E-state index in [1.807, 2.05) is 12.4 Å². The summed E-state index contributed by atoms with van der Waals surface area (Å²) >= 11 is 3.67. The summed E-state index contributed by atoms with van der Waals surface area (Å²) in [6.45, 7) is 0. The summed E-state index contributed by atoms with van der Waals surface area (Å²) < 4.78 is 3.67. The molecular weight excluding hydrogens is 400 g/mol. The second-order valence-corrected chi connectivity index (χ2v) is 8.57. The number of aromatic nitrogens is 3. The number of allylic oxidation sites excluding steroid dienone is 4. The minimum absolute atomic E-state index is 0.552. The van der Waals surface area contributed by atoms with Crippen LogP contribution in [0.15, 0.2) is 46.3 Å². The maximum absolute atomic E-state index is 4.93. The van der Waals surface area contributed by atoms with Crippen LogP contribution in [0.4, 0.5) is 5.82 Å². The van der Waals surface area contributed by atoms with Crippen LogP contribution in [0.1, 0.15) is 56.6 Å². The number of fused-ring (bicyclic) bond motifs is 1. The van der Waals surface area contributed by atoms with E-state index in [4.69, 9.17) is 4.98 Å². The van der Waals surface area contributed by atoms with Crippen molar-refractivity contribution in [3.63, 3.8) is 0 Å². The normalized spacial score (nSPS) is 24.1. The quantitative estimate of drug-likeness (QED) is 0.726. The smallest absolute Gasteiger partial charge is 0.137 e. The van der Waals surface area contributed by atoms with Gasteiger partial charge in [-0.2, -0.15) is 0 Å². The Kier molecular flexibility index (Phi) is 4.48. The number of nitrogens with one attached hydrogen (secondary N) is 1. The zero-order valence-corrected chi connectivity index (χ0v) is 16.9. The third kappa shape index (κ3) is 3.08. The van der Waals surface area contributed by atoms with Crippen LogP contribution >= 0.6 is 15.9 Å². The monoisotopic (exact) mass is 422 g/mol. The van der Waals surface area contributed by atoms with Crippen LogP contribution in [0.5, 0.6) is 0 Å². The molecule has 0 bridgehead atoms. The largest absolute Gasteiger partial charge is 0.346 e. The molecule has 5 heteroatoms. The highest BCUT2D eigenvalue weighted by Gasteiger charge is 2.21. The summed E-state index contributed by atoms with van der Waals surface area (Å²) in [4.78, 5) is 12.7. The molecule has 0 saturated heterocycles. The first-order valence-electron chi connectivity index (χ1n) is 9.83. The van der Waals surface area contributed by atoms with Crippen molar-refractivity contribution in [3.8, 4) is 0 Å². The third-order valence-electron chi connectivity index (χ3n) is 5.85. The molecule has 138 valence electrons. The second-order valence-electron chi connectivity index (χ2n) is 7.55. The molecule has 2 aromatic heterocycles. The number of rotatable bonds is 1. The number of hydrogen-bond donors (Lipinski definition) is 1. The van der Waals surface area contributed by atoms with Crippen molar-refractivity contribution in [2.45, 2.75) is 51.0 Å². The number of nitrogens with zero attached hydrogens (tertiary/aromatic N) is 3. The van der Waals surface area contributed by atoms with Gasteiger partial charge in [0, 0.05) is 36.9 Å². The molecule has 2 aromatic rings. The summed E-state index contributed by atoms with van der Waals surface area (Å²) in [5.74, 6) is 0.962. The molecule has 0 spiro atoms. The van der Waals surface area contributed by atoms with Crippen LogP contribution in [0.2, 0.25) is 0 Å².